The number of nitrogens with zero attached hydrogens (tertiary/aromatic N) is 2. The van der Waals surface area contributed by atoms with Gasteiger partial charge in [0.1, 0.15) is 5.69 Å². The van der Waals surface area contributed by atoms with E-state index in [0.717, 1.165) is 10.9 Å². The summed E-state index contributed by atoms with van der Waals surface area (Å²) < 4.78 is 4.84. The van der Waals surface area contributed by atoms with Gasteiger partial charge in [0.25, 0.3) is 5.91 Å². The number of carbonyl (C=O) groups is 3. The molecule has 0 saturated carbocycles. The quantitative estimate of drug-likeness (QED) is 0.618. The smallest absolute Gasteiger partial charge is 0.356 e. The highest BCUT2D eigenvalue weighted by atomic mass is 16.5. The van der Waals surface area contributed by atoms with E-state index in [9.17, 15) is 14.4 Å². The van der Waals surface area contributed by atoms with E-state index in [-0.39, 0.29) is 24.1 Å². The highest BCUT2D eigenvalue weighted by Crippen LogP contribution is 2.28. The van der Waals surface area contributed by atoms with Crippen LogP contribution in [-0.4, -0.2) is 72.4 Å². The molecule has 0 aliphatic carbocycles. The van der Waals surface area contributed by atoms with E-state index >= 15 is 0 Å². The number of carbonyl (C=O) groups excluding carboxylic acids is 3. The molecule has 31 heavy (non-hydrogen) atoms. The van der Waals surface area contributed by atoms with Gasteiger partial charge in [-0.3, -0.25) is 14.5 Å². The summed E-state index contributed by atoms with van der Waals surface area (Å²) >= 11 is 0. The van der Waals surface area contributed by atoms with Crippen molar-refractivity contribution in [3.8, 4) is 0 Å². The lowest BCUT2D eigenvalue weighted by molar-refractivity contribution is -0.117. The fourth-order valence-corrected chi connectivity index (χ4v) is 3.78. The van der Waals surface area contributed by atoms with Crippen molar-refractivity contribution in [3.05, 3.63) is 65.9 Å². The van der Waals surface area contributed by atoms with Gasteiger partial charge in [-0.05, 0) is 18.2 Å². The largest absolute Gasteiger partial charge is 0.464 e. The molecule has 0 atom stereocenters. The van der Waals surface area contributed by atoms with E-state index < -0.39 is 5.97 Å². The Bertz CT molecular complexity index is 1100. The number of aromatic nitrogens is 1. The number of ether oxygens (including phenoxy) is 1. The van der Waals surface area contributed by atoms with Crippen molar-refractivity contribution in [2.75, 3.05) is 45.2 Å². The summed E-state index contributed by atoms with van der Waals surface area (Å²) in [5.41, 5.74) is 2.05. The Kier molecular flexibility index (Phi) is 5.99. The number of nitrogens with one attached hydrogen (secondary N) is 2. The van der Waals surface area contributed by atoms with Gasteiger partial charge in [0, 0.05) is 42.6 Å². The number of hydrogen-bond acceptors (Lipinski definition) is 5. The van der Waals surface area contributed by atoms with Crippen LogP contribution < -0.4 is 5.32 Å². The summed E-state index contributed by atoms with van der Waals surface area (Å²) in [5.74, 6) is -0.761. The van der Waals surface area contributed by atoms with Crippen molar-refractivity contribution in [1.82, 2.24) is 14.8 Å². The van der Waals surface area contributed by atoms with Gasteiger partial charge in [0.05, 0.1) is 19.3 Å². The zero-order chi connectivity index (χ0) is 21.8. The molecule has 4 rings (SSSR count). The summed E-state index contributed by atoms with van der Waals surface area (Å²) in [7, 11) is 1.30. The molecular formula is C23H24N4O4. The zero-order valence-electron chi connectivity index (χ0n) is 17.3. The number of aromatic amines is 1. The number of amides is 2. The molecule has 8 nitrogen and oxygen atoms in total. The van der Waals surface area contributed by atoms with Crippen molar-refractivity contribution < 1.29 is 19.1 Å². The molecule has 1 saturated heterocycles. The van der Waals surface area contributed by atoms with E-state index in [0.29, 0.717) is 37.4 Å². The van der Waals surface area contributed by atoms with Gasteiger partial charge in [-0.15, -0.1) is 0 Å². The molecule has 0 spiro atoms. The van der Waals surface area contributed by atoms with Gasteiger partial charge in [0.15, 0.2) is 0 Å². The maximum atomic E-state index is 12.7. The molecule has 3 aromatic rings. The van der Waals surface area contributed by atoms with E-state index in [4.69, 9.17) is 4.74 Å². The summed E-state index contributed by atoms with van der Waals surface area (Å²) in [5, 5.41) is 3.61. The van der Waals surface area contributed by atoms with Crippen LogP contribution in [0.5, 0.6) is 0 Å². The first-order valence-electron chi connectivity index (χ1n) is 10.1. The van der Waals surface area contributed by atoms with Crippen LogP contribution in [0.2, 0.25) is 0 Å². The van der Waals surface area contributed by atoms with E-state index in [1.807, 2.05) is 59.5 Å². The van der Waals surface area contributed by atoms with Gasteiger partial charge in [-0.25, -0.2) is 4.79 Å². The number of benzene rings is 2. The van der Waals surface area contributed by atoms with Crippen LogP contribution in [0.1, 0.15) is 20.8 Å². The summed E-state index contributed by atoms with van der Waals surface area (Å²) in [6.07, 6.45) is 0. The lowest BCUT2D eigenvalue weighted by atomic mass is 10.2. The van der Waals surface area contributed by atoms with Crippen molar-refractivity contribution in [3.63, 3.8) is 0 Å². The van der Waals surface area contributed by atoms with Crippen LogP contribution >= 0.6 is 0 Å². The second-order valence-corrected chi connectivity index (χ2v) is 7.39. The number of hydrogen-bond donors (Lipinski definition) is 2. The Balaban J connectivity index is 1.38. The molecule has 1 aliphatic heterocycles. The highest BCUT2D eigenvalue weighted by Gasteiger charge is 2.25. The number of esters is 1. The zero-order valence-corrected chi connectivity index (χ0v) is 17.3. The predicted molar refractivity (Wildman–Crippen MR) is 117 cm³/mol. The fourth-order valence-electron chi connectivity index (χ4n) is 3.78. The van der Waals surface area contributed by atoms with E-state index in [2.05, 4.69) is 10.3 Å². The molecule has 1 fully saturated rings. The van der Waals surface area contributed by atoms with Crippen molar-refractivity contribution >= 4 is 34.4 Å². The first-order valence-corrected chi connectivity index (χ1v) is 10.1. The molecule has 2 heterocycles. The molecule has 160 valence electrons. The minimum atomic E-state index is -0.542. The molecule has 0 bridgehead atoms. The SMILES string of the molecule is COC(=O)c1[nH]c2ccccc2c1NC(=O)CN1CCN(C(=O)c2ccccc2)CC1. The standard InChI is InChI=1S/C23H24N4O4/c1-31-23(30)21-20(17-9-5-6-10-18(17)24-21)25-19(28)15-26-11-13-27(14-12-26)22(29)16-7-3-2-4-8-16/h2-10,24H,11-15H2,1H3,(H,25,28). The highest BCUT2D eigenvalue weighted by molar-refractivity contribution is 6.11. The molecule has 2 N–H and O–H groups in total. The summed E-state index contributed by atoms with van der Waals surface area (Å²) in [4.78, 5) is 44.2. The second-order valence-electron chi connectivity index (χ2n) is 7.39. The lowest BCUT2D eigenvalue weighted by Crippen LogP contribution is -2.50. The first kappa shape index (κ1) is 20.6. The minimum Gasteiger partial charge on any atom is -0.464 e. The maximum absolute atomic E-state index is 12.7. The molecular weight excluding hydrogens is 396 g/mol. The molecule has 8 heteroatoms. The van der Waals surface area contributed by atoms with Crippen LogP contribution in [0, 0.1) is 0 Å². The molecule has 2 amide bonds. The average Bonchev–Trinajstić information content (AvgIpc) is 3.17. The number of piperazine rings is 1. The Morgan fingerprint density at radius 1 is 0.968 bits per heavy atom. The third kappa shape index (κ3) is 4.44. The van der Waals surface area contributed by atoms with Crippen LogP contribution in [0.25, 0.3) is 10.9 Å². The van der Waals surface area contributed by atoms with Gasteiger partial charge in [0.2, 0.25) is 5.91 Å². The number of methoxy groups -OCH3 is 1. The van der Waals surface area contributed by atoms with Crippen LogP contribution in [0.15, 0.2) is 54.6 Å². The van der Waals surface area contributed by atoms with Crippen molar-refractivity contribution in [2.45, 2.75) is 0 Å². The Hall–Kier alpha value is -3.65. The Morgan fingerprint density at radius 3 is 2.35 bits per heavy atom. The molecule has 1 aromatic heterocycles. The number of anilines is 1. The molecule has 1 aliphatic rings. The third-order valence-corrected chi connectivity index (χ3v) is 5.41. The summed E-state index contributed by atoms with van der Waals surface area (Å²) in [6.45, 7) is 2.49. The monoisotopic (exact) mass is 420 g/mol. The lowest BCUT2D eigenvalue weighted by Gasteiger charge is -2.34. The maximum Gasteiger partial charge on any atom is 0.356 e. The number of para-hydroxylation sites is 1. The van der Waals surface area contributed by atoms with Crippen LogP contribution in [-0.2, 0) is 9.53 Å². The summed E-state index contributed by atoms with van der Waals surface area (Å²) in [6, 6.07) is 16.6. The molecule has 0 radical (unpaired) electrons. The van der Waals surface area contributed by atoms with Crippen LogP contribution in [0.4, 0.5) is 5.69 Å². The Labute approximate surface area is 179 Å². The van der Waals surface area contributed by atoms with E-state index in [1.165, 1.54) is 7.11 Å². The van der Waals surface area contributed by atoms with Crippen LogP contribution in [0.3, 0.4) is 0 Å². The topological polar surface area (TPSA) is 94.7 Å². The van der Waals surface area contributed by atoms with Gasteiger partial charge < -0.3 is 19.9 Å². The third-order valence-electron chi connectivity index (χ3n) is 5.41. The van der Waals surface area contributed by atoms with Crippen molar-refractivity contribution in [1.29, 1.82) is 0 Å². The van der Waals surface area contributed by atoms with Gasteiger partial charge in [-0.1, -0.05) is 36.4 Å². The molecule has 2 aromatic carbocycles. The van der Waals surface area contributed by atoms with E-state index in [1.54, 1.807) is 4.90 Å². The average molecular weight is 420 g/mol. The normalized spacial score (nSPS) is 14.4. The van der Waals surface area contributed by atoms with Gasteiger partial charge >= 0.3 is 5.97 Å². The molecule has 0 unspecified atom stereocenters. The van der Waals surface area contributed by atoms with Crippen molar-refractivity contribution in [2.24, 2.45) is 0 Å². The Morgan fingerprint density at radius 2 is 1.65 bits per heavy atom. The number of H-pyrrole nitrogens is 1. The first-order chi connectivity index (χ1) is 15.1. The predicted octanol–water partition coefficient (Wildman–Crippen LogP) is 2.35. The van der Waals surface area contributed by atoms with Gasteiger partial charge in [-0.2, -0.15) is 0 Å². The fraction of sp³-hybridized carbons (Fsp3) is 0.261. The second kappa shape index (κ2) is 9.01. The minimum absolute atomic E-state index is 0.00575. The number of fused-ring (bicyclic) bond motifs is 1. The number of rotatable bonds is 5.